The number of aromatic amines is 1. The van der Waals surface area contributed by atoms with Gasteiger partial charge in [0.05, 0.1) is 25.4 Å². The summed E-state index contributed by atoms with van der Waals surface area (Å²) in [7, 11) is 0. The van der Waals surface area contributed by atoms with Crippen molar-refractivity contribution in [3.8, 4) is 0 Å². The fraction of sp³-hybridized carbons (Fsp3) is 0.545. The molecule has 3 rings (SSSR count). The molecule has 1 saturated heterocycles. The number of rotatable bonds is 2. The largest absolute Gasteiger partial charge is 0.394 e. The van der Waals surface area contributed by atoms with Gasteiger partial charge in [0, 0.05) is 5.92 Å². The maximum Gasteiger partial charge on any atom is 0.278 e. The van der Waals surface area contributed by atoms with Crippen LogP contribution in [0.2, 0.25) is 0 Å². The van der Waals surface area contributed by atoms with Crippen LogP contribution in [0.4, 0.5) is 0 Å². The van der Waals surface area contributed by atoms with Gasteiger partial charge in [-0.15, -0.1) is 0 Å². The van der Waals surface area contributed by atoms with Gasteiger partial charge in [0.25, 0.3) is 5.56 Å². The molecule has 0 bridgehead atoms. The molecule has 7 heteroatoms. The monoisotopic (exact) mass is 250 g/mol. The van der Waals surface area contributed by atoms with E-state index >= 15 is 0 Å². The molecule has 0 spiro atoms. The lowest BCUT2D eigenvalue weighted by Gasteiger charge is -2.16. The number of hydrogen-bond acceptors (Lipinski definition) is 5. The van der Waals surface area contributed by atoms with E-state index in [0.29, 0.717) is 11.2 Å². The Morgan fingerprint density at radius 1 is 1.61 bits per heavy atom. The summed E-state index contributed by atoms with van der Waals surface area (Å²) in [6.45, 7) is 2.04. The Morgan fingerprint density at radius 3 is 3.17 bits per heavy atom. The Labute approximate surface area is 102 Å². The van der Waals surface area contributed by atoms with Crippen molar-refractivity contribution in [2.24, 2.45) is 5.92 Å². The number of nitrogens with zero attached hydrogens (tertiary/aromatic N) is 3. The average Bonchev–Trinajstić information content (AvgIpc) is 2.93. The van der Waals surface area contributed by atoms with Gasteiger partial charge in [-0.05, 0) is 6.42 Å². The molecule has 3 atom stereocenters. The van der Waals surface area contributed by atoms with E-state index in [1.54, 1.807) is 10.9 Å². The number of imidazole rings is 1. The van der Waals surface area contributed by atoms with E-state index in [1.807, 2.05) is 6.92 Å². The summed E-state index contributed by atoms with van der Waals surface area (Å²) in [6, 6.07) is 0. The molecule has 2 aromatic heterocycles. The average molecular weight is 250 g/mol. The first-order valence-electron chi connectivity index (χ1n) is 5.87. The Balaban J connectivity index is 2.05. The van der Waals surface area contributed by atoms with Crippen LogP contribution in [0.25, 0.3) is 11.2 Å². The van der Waals surface area contributed by atoms with E-state index in [2.05, 4.69) is 15.0 Å². The number of aliphatic hydroxyl groups excluding tert-OH is 1. The minimum atomic E-state index is -0.261. The van der Waals surface area contributed by atoms with Crippen LogP contribution in [-0.4, -0.2) is 37.3 Å². The number of H-pyrrole nitrogens is 1. The molecule has 1 aliphatic heterocycles. The molecule has 0 unspecified atom stereocenters. The second-order valence-electron chi connectivity index (χ2n) is 4.60. The van der Waals surface area contributed by atoms with E-state index < -0.39 is 0 Å². The van der Waals surface area contributed by atoms with Crippen LogP contribution in [0.15, 0.2) is 17.4 Å². The van der Waals surface area contributed by atoms with Crippen LogP contribution >= 0.6 is 0 Å². The summed E-state index contributed by atoms with van der Waals surface area (Å²) in [6.07, 6.45) is 3.30. The Kier molecular flexibility index (Phi) is 2.64. The minimum Gasteiger partial charge on any atom is -0.394 e. The number of nitrogens with one attached hydrogen (secondary N) is 1. The highest BCUT2D eigenvalue weighted by atomic mass is 16.5. The molecule has 18 heavy (non-hydrogen) atoms. The molecule has 1 aliphatic rings. The molecule has 0 aliphatic carbocycles. The lowest BCUT2D eigenvalue weighted by atomic mass is 10.1. The SMILES string of the molecule is C[C@H]1C[C@@H](CO)O[C@H]1n1cnc2c(=O)[nH]cnc21. The maximum atomic E-state index is 11.6. The first kappa shape index (κ1) is 11.4. The van der Waals surface area contributed by atoms with Crippen molar-refractivity contribution in [2.45, 2.75) is 25.7 Å². The van der Waals surface area contributed by atoms with E-state index in [9.17, 15) is 4.79 Å². The van der Waals surface area contributed by atoms with Crippen LogP contribution in [0.5, 0.6) is 0 Å². The highest BCUT2D eigenvalue weighted by molar-refractivity contribution is 5.68. The summed E-state index contributed by atoms with van der Waals surface area (Å²) in [4.78, 5) is 22.2. The molecule has 96 valence electrons. The zero-order chi connectivity index (χ0) is 12.7. The summed E-state index contributed by atoms with van der Waals surface area (Å²) in [5, 5.41) is 9.14. The summed E-state index contributed by atoms with van der Waals surface area (Å²) >= 11 is 0. The fourth-order valence-electron chi connectivity index (χ4n) is 2.42. The molecule has 0 radical (unpaired) electrons. The molecular weight excluding hydrogens is 236 g/mol. The van der Waals surface area contributed by atoms with Crippen molar-refractivity contribution >= 4 is 11.2 Å². The summed E-state index contributed by atoms with van der Waals surface area (Å²) in [5.74, 6) is 0.237. The van der Waals surface area contributed by atoms with Gasteiger partial charge in [-0.2, -0.15) is 0 Å². The smallest absolute Gasteiger partial charge is 0.278 e. The first-order chi connectivity index (χ1) is 8.70. The molecule has 2 aromatic rings. The van der Waals surface area contributed by atoms with Crippen molar-refractivity contribution in [1.29, 1.82) is 0 Å². The van der Waals surface area contributed by atoms with E-state index in [1.165, 1.54) is 6.33 Å². The lowest BCUT2D eigenvalue weighted by molar-refractivity contribution is -0.0294. The zero-order valence-corrected chi connectivity index (χ0v) is 9.91. The van der Waals surface area contributed by atoms with Crippen molar-refractivity contribution in [2.75, 3.05) is 6.61 Å². The molecule has 2 N–H and O–H groups in total. The zero-order valence-electron chi connectivity index (χ0n) is 9.91. The second-order valence-corrected chi connectivity index (χ2v) is 4.60. The van der Waals surface area contributed by atoms with Gasteiger partial charge in [-0.1, -0.05) is 6.92 Å². The van der Waals surface area contributed by atoms with Gasteiger partial charge in [-0.3, -0.25) is 9.36 Å². The van der Waals surface area contributed by atoms with Gasteiger partial charge >= 0.3 is 0 Å². The van der Waals surface area contributed by atoms with Gasteiger partial charge in [0.15, 0.2) is 11.2 Å². The Bertz CT molecular complexity index is 620. The number of aromatic nitrogens is 4. The van der Waals surface area contributed by atoms with Crippen LogP contribution < -0.4 is 5.56 Å². The topological polar surface area (TPSA) is 93.0 Å². The van der Waals surface area contributed by atoms with Crippen molar-refractivity contribution in [3.63, 3.8) is 0 Å². The van der Waals surface area contributed by atoms with Crippen LogP contribution in [-0.2, 0) is 4.74 Å². The third-order valence-corrected chi connectivity index (χ3v) is 3.30. The third kappa shape index (κ3) is 1.63. The van der Waals surface area contributed by atoms with Crippen molar-refractivity contribution in [1.82, 2.24) is 19.5 Å². The minimum absolute atomic E-state index is 0.00147. The second kappa shape index (κ2) is 4.18. The quantitative estimate of drug-likeness (QED) is 0.784. The Hall–Kier alpha value is -1.73. The number of hydrogen-bond donors (Lipinski definition) is 2. The highest BCUT2D eigenvalue weighted by Crippen LogP contribution is 2.34. The standard InChI is InChI=1S/C11H14N4O3/c1-6-2-7(3-16)18-11(6)15-5-14-8-9(15)12-4-13-10(8)17/h4-7,11,16H,2-3H2,1H3,(H,12,13,17)/t6-,7-,11+/m0/s1. The molecule has 0 saturated carbocycles. The normalized spacial score (nSPS) is 28.0. The lowest BCUT2D eigenvalue weighted by Crippen LogP contribution is -2.16. The third-order valence-electron chi connectivity index (χ3n) is 3.30. The van der Waals surface area contributed by atoms with Gasteiger partial charge in [-0.25, -0.2) is 9.97 Å². The molecule has 3 heterocycles. The molecule has 7 nitrogen and oxygen atoms in total. The van der Waals surface area contributed by atoms with Gasteiger partial charge < -0.3 is 14.8 Å². The van der Waals surface area contributed by atoms with Crippen molar-refractivity contribution < 1.29 is 9.84 Å². The summed E-state index contributed by atoms with van der Waals surface area (Å²) < 4.78 is 7.49. The molecule has 0 aromatic carbocycles. The van der Waals surface area contributed by atoms with Crippen LogP contribution in [0, 0.1) is 5.92 Å². The first-order valence-corrected chi connectivity index (χ1v) is 5.87. The number of fused-ring (bicyclic) bond motifs is 1. The van der Waals surface area contributed by atoms with Crippen LogP contribution in [0.3, 0.4) is 0 Å². The van der Waals surface area contributed by atoms with Gasteiger partial charge in [0.2, 0.25) is 0 Å². The van der Waals surface area contributed by atoms with Crippen LogP contribution in [0.1, 0.15) is 19.6 Å². The van der Waals surface area contributed by atoms with Crippen molar-refractivity contribution in [3.05, 3.63) is 23.0 Å². The van der Waals surface area contributed by atoms with E-state index in [4.69, 9.17) is 9.84 Å². The summed E-state index contributed by atoms with van der Waals surface area (Å²) in [5.41, 5.74) is 0.554. The number of ether oxygens (including phenoxy) is 1. The van der Waals surface area contributed by atoms with Gasteiger partial charge in [0.1, 0.15) is 6.23 Å². The molecule has 1 fully saturated rings. The predicted octanol–water partition coefficient (Wildman–Crippen LogP) is 0.0355. The maximum absolute atomic E-state index is 11.6. The number of aliphatic hydroxyl groups is 1. The van der Waals surface area contributed by atoms with E-state index in [-0.39, 0.29) is 30.4 Å². The predicted molar refractivity (Wildman–Crippen MR) is 62.9 cm³/mol. The molecular formula is C11H14N4O3. The van der Waals surface area contributed by atoms with E-state index in [0.717, 1.165) is 6.42 Å². The molecule has 0 amide bonds. The Morgan fingerprint density at radius 2 is 2.44 bits per heavy atom. The fourth-order valence-corrected chi connectivity index (χ4v) is 2.42. The highest BCUT2D eigenvalue weighted by Gasteiger charge is 2.34.